The van der Waals surface area contributed by atoms with Gasteiger partial charge in [-0.3, -0.25) is 0 Å². The lowest BCUT2D eigenvalue weighted by molar-refractivity contribution is 0.787. The number of nitrogens with zero attached hydrogens (tertiary/aromatic N) is 4. The van der Waals surface area contributed by atoms with Crippen molar-refractivity contribution in [1.29, 1.82) is 5.26 Å². The van der Waals surface area contributed by atoms with E-state index in [1.807, 2.05) is 25.1 Å². The molecule has 0 aliphatic carbocycles. The van der Waals surface area contributed by atoms with E-state index in [1.165, 1.54) is 0 Å². The molecule has 3 heterocycles. The molecule has 0 saturated carbocycles. The van der Waals surface area contributed by atoms with Crippen LogP contribution in [-0.4, -0.2) is 34.1 Å². The molecule has 6 heteroatoms. The summed E-state index contributed by atoms with van der Waals surface area (Å²) in [6, 6.07) is 7.93. The highest BCUT2D eigenvalue weighted by molar-refractivity contribution is 5.60. The van der Waals surface area contributed by atoms with Gasteiger partial charge in [0.1, 0.15) is 17.6 Å². The van der Waals surface area contributed by atoms with Crippen molar-refractivity contribution < 1.29 is 0 Å². The summed E-state index contributed by atoms with van der Waals surface area (Å²) in [6.07, 6.45) is 2.70. The number of pyridine rings is 1. The van der Waals surface area contributed by atoms with E-state index in [0.29, 0.717) is 17.6 Å². The van der Waals surface area contributed by atoms with Crippen molar-refractivity contribution in [2.45, 2.75) is 19.4 Å². The lowest BCUT2D eigenvalue weighted by Gasteiger charge is -2.13. The van der Waals surface area contributed by atoms with Crippen LogP contribution in [-0.2, 0) is 0 Å². The molecular formula is C15H16N6. The Bertz CT molecular complexity index is 685. The fraction of sp³-hybridized carbons (Fsp3) is 0.333. The van der Waals surface area contributed by atoms with Gasteiger partial charge < -0.3 is 10.6 Å². The van der Waals surface area contributed by atoms with E-state index in [2.05, 4.69) is 25.6 Å². The first kappa shape index (κ1) is 13.5. The molecule has 1 fully saturated rings. The van der Waals surface area contributed by atoms with E-state index in [0.717, 1.165) is 36.6 Å². The molecule has 0 radical (unpaired) electrons. The van der Waals surface area contributed by atoms with E-state index >= 15 is 0 Å². The minimum atomic E-state index is 0.360. The van der Waals surface area contributed by atoms with Crippen molar-refractivity contribution in [3.8, 4) is 17.5 Å². The van der Waals surface area contributed by atoms with Gasteiger partial charge in [0.05, 0.1) is 5.69 Å². The van der Waals surface area contributed by atoms with Gasteiger partial charge >= 0.3 is 0 Å². The van der Waals surface area contributed by atoms with Gasteiger partial charge in [0.25, 0.3) is 0 Å². The van der Waals surface area contributed by atoms with Crippen LogP contribution in [0.3, 0.4) is 0 Å². The third-order valence-electron chi connectivity index (χ3n) is 3.51. The zero-order valence-corrected chi connectivity index (χ0v) is 11.8. The number of hydrogen-bond acceptors (Lipinski definition) is 6. The molecule has 0 amide bonds. The molecule has 0 aromatic carbocycles. The maximum Gasteiger partial charge on any atom is 0.162 e. The van der Waals surface area contributed by atoms with Gasteiger partial charge in [0, 0.05) is 24.3 Å². The Morgan fingerprint density at radius 2 is 2.24 bits per heavy atom. The highest BCUT2D eigenvalue weighted by Gasteiger charge is 2.15. The van der Waals surface area contributed by atoms with Crippen LogP contribution in [0.2, 0.25) is 0 Å². The number of nitrogens with one attached hydrogen (secondary N) is 2. The fourth-order valence-electron chi connectivity index (χ4n) is 2.42. The first-order valence-corrected chi connectivity index (χ1v) is 6.94. The van der Waals surface area contributed by atoms with Crippen LogP contribution in [0.15, 0.2) is 24.4 Å². The molecule has 0 spiro atoms. The van der Waals surface area contributed by atoms with Gasteiger partial charge in [0.15, 0.2) is 5.82 Å². The van der Waals surface area contributed by atoms with Gasteiger partial charge in [-0.2, -0.15) is 5.26 Å². The molecule has 106 valence electrons. The number of nitriles is 1. The van der Waals surface area contributed by atoms with E-state index < -0.39 is 0 Å². The zero-order chi connectivity index (χ0) is 14.7. The van der Waals surface area contributed by atoms with Gasteiger partial charge in [-0.15, -0.1) is 0 Å². The average molecular weight is 280 g/mol. The van der Waals surface area contributed by atoms with E-state index in [4.69, 9.17) is 5.26 Å². The first-order chi connectivity index (χ1) is 10.3. The first-order valence-electron chi connectivity index (χ1n) is 6.94. The second-order valence-electron chi connectivity index (χ2n) is 5.04. The van der Waals surface area contributed by atoms with Crippen molar-refractivity contribution in [3.05, 3.63) is 35.8 Å². The normalized spacial score (nSPS) is 17.4. The number of anilines is 1. The van der Waals surface area contributed by atoms with Crippen molar-refractivity contribution in [1.82, 2.24) is 20.3 Å². The average Bonchev–Trinajstić information content (AvgIpc) is 3.00. The van der Waals surface area contributed by atoms with Crippen LogP contribution < -0.4 is 10.6 Å². The summed E-state index contributed by atoms with van der Waals surface area (Å²) < 4.78 is 0. The molecule has 2 N–H and O–H groups in total. The van der Waals surface area contributed by atoms with Gasteiger partial charge in [-0.05, 0) is 38.1 Å². The van der Waals surface area contributed by atoms with Crippen LogP contribution in [0.5, 0.6) is 0 Å². The molecule has 1 unspecified atom stereocenters. The van der Waals surface area contributed by atoms with E-state index in [9.17, 15) is 0 Å². The van der Waals surface area contributed by atoms with Crippen molar-refractivity contribution in [2.75, 3.05) is 18.4 Å². The van der Waals surface area contributed by atoms with E-state index in [1.54, 1.807) is 12.3 Å². The summed E-state index contributed by atoms with van der Waals surface area (Å²) in [7, 11) is 0. The SMILES string of the molecule is Cc1nc(NC2CCNC2)ccc1-c1nccc(C#N)n1. The lowest BCUT2D eigenvalue weighted by Crippen LogP contribution is -2.22. The van der Waals surface area contributed by atoms with Crippen molar-refractivity contribution in [2.24, 2.45) is 0 Å². The monoisotopic (exact) mass is 280 g/mol. The molecule has 1 aliphatic heterocycles. The topological polar surface area (TPSA) is 86.5 Å². The van der Waals surface area contributed by atoms with Gasteiger partial charge in [0.2, 0.25) is 0 Å². The summed E-state index contributed by atoms with van der Waals surface area (Å²) in [6.45, 7) is 3.94. The Hall–Kier alpha value is -2.52. The Kier molecular flexibility index (Phi) is 3.75. The number of rotatable bonds is 3. The number of hydrogen-bond donors (Lipinski definition) is 2. The Balaban J connectivity index is 1.85. The predicted molar refractivity (Wildman–Crippen MR) is 79.6 cm³/mol. The summed E-state index contributed by atoms with van der Waals surface area (Å²) in [5, 5.41) is 15.6. The Labute approximate surface area is 123 Å². The Morgan fingerprint density at radius 1 is 1.33 bits per heavy atom. The maximum atomic E-state index is 8.91. The highest BCUT2D eigenvalue weighted by Crippen LogP contribution is 2.21. The molecule has 2 aromatic heterocycles. The fourth-order valence-corrected chi connectivity index (χ4v) is 2.42. The number of aromatic nitrogens is 3. The molecule has 6 nitrogen and oxygen atoms in total. The largest absolute Gasteiger partial charge is 0.366 e. The summed E-state index contributed by atoms with van der Waals surface area (Å²) in [4.78, 5) is 13.0. The lowest BCUT2D eigenvalue weighted by atomic mass is 10.2. The van der Waals surface area contributed by atoms with Crippen LogP contribution >= 0.6 is 0 Å². The summed E-state index contributed by atoms with van der Waals surface area (Å²) >= 11 is 0. The standard InChI is InChI=1S/C15H16N6/c1-10-13(15-18-7-5-11(8-16)21-15)2-3-14(19-10)20-12-4-6-17-9-12/h2-3,5,7,12,17H,4,6,9H2,1H3,(H,19,20). The van der Waals surface area contributed by atoms with Crippen LogP contribution in [0, 0.1) is 18.3 Å². The van der Waals surface area contributed by atoms with Crippen LogP contribution in [0.25, 0.3) is 11.4 Å². The zero-order valence-electron chi connectivity index (χ0n) is 11.8. The third kappa shape index (κ3) is 2.98. The molecule has 1 atom stereocenters. The van der Waals surface area contributed by atoms with Crippen LogP contribution in [0.4, 0.5) is 5.82 Å². The predicted octanol–water partition coefficient (Wildman–Crippen LogP) is 1.49. The van der Waals surface area contributed by atoms with Crippen LogP contribution in [0.1, 0.15) is 17.8 Å². The molecule has 1 aliphatic rings. The minimum Gasteiger partial charge on any atom is -0.366 e. The second kappa shape index (κ2) is 5.85. The van der Waals surface area contributed by atoms with Crippen molar-refractivity contribution in [3.63, 3.8) is 0 Å². The summed E-state index contributed by atoms with van der Waals surface area (Å²) in [5.41, 5.74) is 2.06. The van der Waals surface area contributed by atoms with E-state index in [-0.39, 0.29) is 0 Å². The molecular weight excluding hydrogens is 264 g/mol. The van der Waals surface area contributed by atoms with Gasteiger partial charge in [-0.25, -0.2) is 15.0 Å². The molecule has 3 rings (SSSR count). The quantitative estimate of drug-likeness (QED) is 0.886. The molecule has 1 saturated heterocycles. The minimum absolute atomic E-state index is 0.360. The third-order valence-corrected chi connectivity index (χ3v) is 3.51. The molecule has 0 bridgehead atoms. The Morgan fingerprint density at radius 3 is 2.95 bits per heavy atom. The van der Waals surface area contributed by atoms with Gasteiger partial charge in [-0.1, -0.05) is 0 Å². The number of aryl methyl sites for hydroxylation is 1. The molecule has 21 heavy (non-hydrogen) atoms. The maximum absolute atomic E-state index is 8.91. The second-order valence-corrected chi connectivity index (χ2v) is 5.04. The molecule has 2 aromatic rings. The highest BCUT2D eigenvalue weighted by atomic mass is 15.1. The smallest absolute Gasteiger partial charge is 0.162 e. The summed E-state index contributed by atoms with van der Waals surface area (Å²) in [5.74, 6) is 1.40. The van der Waals surface area contributed by atoms with Crippen molar-refractivity contribution >= 4 is 5.82 Å².